The third-order valence-corrected chi connectivity index (χ3v) is 8.31. The molecule has 8 rings (SSSR count). The van der Waals surface area contributed by atoms with E-state index < -0.39 is 0 Å². The normalized spacial score (nSPS) is 11.0. The summed E-state index contributed by atoms with van der Waals surface area (Å²) in [5.74, 6) is 0. The van der Waals surface area contributed by atoms with E-state index in [0.29, 0.717) is 0 Å². The number of fused-ring (bicyclic) bond motifs is 1. The maximum atomic E-state index is 4.62. The second-order valence-corrected chi connectivity index (χ2v) is 11.2. The van der Waals surface area contributed by atoms with Crippen molar-refractivity contribution in [2.24, 2.45) is 0 Å². The Hall–Kier alpha value is -6.26. The number of rotatable bonds is 7. The van der Waals surface area contributed by atoms with Gasteiger partial charge < -0.3 is 4.90 Å². The first-order chi connectivity index (χ1) is 22.8. The lowest BCUT2D eigenvalue weighted by Gasteiger charge is -2.26. The zero-order valence-corrected chi connectivity index (χ0v) is 25.1. The number of aromatic nitrogens is 3. The van der Waals surface area contributed by atoms with Gasteiger partial charge in [-0.25, -0.2) is 0 Å². The summed E-state index contributed by atoms with van der Waals surface area (Å²) < 4.78 is 0. The Morgan fingerprint density at radius 2 is 0.609 bits per heavy atom. The minimum absolute atomic E-state index is 0.885. The molecule has 0 unspecified atom stereocenters. The number of nitrogens with zero attached hydrogens (tertiary/aromatic N) is 4. The summed E-state index contributed by atoms with van der Waals surface area (Å²) in [6, 6.07) is 63.7. The maximum absolute atomic E-state index is 4.62. The molecular weight excluding hydrogens is 560 g/mol. The third kappa shape index (κ3) is 5.44. The highest BCUT2D eigenvalue weighted by Gasteiger charge is 2.14. The van der Waals surface area contributed by atoms with Crippen molar-refractivity contribution >= 4 is 28.1 Å². The van der Waals surface area contributed by atoms with Crippen LogP contribution in [0.5, 0.6) is 0 Å². The Kier molecular flexibility index (Phi) is 7.14. The lowest BCUT2D eigenvalue weighted by Crippen LogP contribution is -2.09. The molecule has 0 spiro atoms. The summed E-state index contributed by atoms with van der Waals surface area (Å²) in [5, 5.41) is 9.24. The molecule has 1 aromatic heterocycles. The first-order valence-electron chi connectivity index (χ1n) is 15.4. The monoisotopic (exact) mass is 590 g/mol. The fourth-order valence-corrected chi connectivity index (χ4v) is 5.88. The molecule has 7 aromatic carbocycles. The number of benzene rings is 7. The molecule has 46 heavy (non-hydrogen) atoms. The summed E-state index contributed by atoms with van der Waals surface area (Å²) in [5.41, 5.74) is 13.1. The summed E-state index contributed by atoms with van der Waals surface area (Å²) in [7, 11) is 0. The molecule has 4 nitrogen and oxygen atoms in total. The second kappa shape index (κ2) is 12.0. The molecular formula is C42H30N4. The van der Waals surface area contributed by atoms with Gasteiger partial charge in [0.05, 0.1) is 5.69 Å². The number of hydrogen-bond acceptors (Lipinski definition) is 3. The van der Waals surface area contributed by atoms with Crippen LogP contribution in [0.25, 0.3) is 50.1 Å². The molecule has 1 heterocycles. The van der Waals surface area contributed by atoms with Gasteiger partial charge in [0.1, 0.15) is 11.0 Å². The molecule has 0 saturated heterocycles. The van der Waals surface area contributed by atoms with Gasteiger partial charge in [-0.15, -0.1) is 10.2 Å². The van der Waals surface area contributed by atoms with Gasteiger partial charge >= 0.3 is 0 Å². The van der Waals surface area contributed by atoms with Crippen molar-refractivity contribution in [2.45, 2.75) is 0 Å². The van der Waals surface area contributed by atoms with E-state index in [4.69, 9.17) is 0 Å². The first-order valence-corrected chi connectivity index (χ1v) is 15.4. The van der Waals surface area contributed by atoms with Gasteiger partial charge in [0.15, 0.2) is 0 Å². The zero-order valence-electron chi connectivity index (χ0n) is 25.1. The smallest absolute Gasteiger partial charge is 0.113 e. The largest absolute Gasteiger partial charge is 0.311 e. The molecule has 0 aliphatic carbocycles. The molecule has 0 radical (unpaired) electrons. The van der Waals surface area contributed by atoms with Crippen LogP contribution in [0.4, 0.5) is 17.1 Å². The molecule has 0 aliphatic heterocycles. The second-order valence-electron chi connectivity index (χ2n) is 11.2. The molecule has 0 fully saturated rings. The molecule has 0 amide bonds. The highest BCUT2D eigenvalue weighted by atomic mass is 15.5. The predicted octanol–water partition coefficient (Wildman–Crippen LogP) is 10.9. The van der Waals surface area contributed by atoms with Crippen molar-refractivity contribution in [3.8, 4) is 39.1 Å². The molecule has 0 bridgehead atoms. The Balaban J connectivity index is 1.11. The molecule has 4 heteroatoms. The van der Waals surface area contributed by atoms with Gasteiger partial charge in [-0.1, -0.05) is 121 Å². The lowest BCUT2D eigenvalue weighted by atomic mass is 10.0. The first kappa shape index (κ1) is 27.3. The zero-order chi connectivity index (χ0) is 30.7. The third-order valence-electron chi connectivity index (χ3n) is 8.31. The number of anilines is 3. The van der Waals surface area contributed by atoms with Crippen molar-refractivity contribution < 1.29 is 0 Å². The van der Waals surface area contributed by atoms with Crippen LogP contribution >= 0.6 is 0 Å². The number of hydrogen-bond donors (Lipinski definition) is 0. The van der Waals surface area contributed by atoms with E-state index in [-0.39, 0.29) is 0 Å². The van der Waals surface area contributed by atoms with E-state index in [1.54, 1.807) is 4.80 Å². The molecule has 0 N–H and O–H groups in total. The van der Waals surface area contributed by atoms with Crippen molar-refractivity contribution in [1.82, 2.24) is 15.0 Å². The van der Waals surface area contributed by atoms with E-state index in [2.05, 4.69) is 173 Å². The van der Waals surface area contributed by atoms with E-state index >= 15 is 0 Å². The van der Waals surface area contributed by atoms with Crippen LogP contribution in [0.3, 0.4) is 0 Å². The van der Waals surface area contributed by atoms with Crippen LogP contribution < -0.4 is 4.90 Å². The average molecular weight is 591 g/mol. The van der Waals surface area contributed by atoms with Crippen molar-refractivity contribution in [1.29, 1.82) is 0 Å². The lowest BCUT2D eigenvalue weighted by molar-refractivity contribution is 0.766. The van der Waals surface area contributed by atoms with E-state index in [9.17, 15) is 0 Å². The van der Waals surface area contributed by atoms with Crippen LogP contribution in [0.15, 0.2) is 182 Å². The van der Waals surface area contributed by atoms with Crippen molar-refractivity contribution in [3.63, 3.8) is 0 Å². The standard InChI is InChI=1S/C42H30N4/c1-3-9-31(10-4-1)33-15-23-37(24-16-33)45(38-25-17-34(18-26-38)32-11-5-2-6-12-32)39-27-19-35(20-28-39)36-21-29-40(30-22-36)46-43-41-13-7-8-14-42(41)44-46/h1-30H. The van der Waals surface area contributed by atoms with E-state index in [0.717, 1.165) is 44.9 Å². The SMILES string of the molecule is c1ccc(-c2ccc(N(c3ccc(-c4ccccc4)cc3)c3ccc(-c4ccc(-n5nc6ccccc6n5)cc4)cc3)cc2)cc1. The van der Waals surface area contributed by atoms with Gasteiger partial charge in [0.25, 0.3) is 0 Å². The van der Waals surface area contributed by atoms with Crippen LogP contribution in [-0.4, -0.2) is 15.0 Å². The van der Waals surface area contributed by atoms with Crippen LogP contribution in [-0.2, 0) is 0 Å². The fraction of sp³-hybridized carbons (Fsp3) is 0. The summed E-state index contributed by atoms with van der Waals surface area (Å²) >= 11 is 0. The minimum atomic E-state index is 0.885. The Labute approximate surface area is 268 Å². The van der Waals surface area contributed by atoms with Crippen molar-refractivity contribution in [2.75, 3.05) is 4.90 Å². The maximum Gasteiger partial charge on any atom is 0.113 e. The van der Waals surface area contributed by atoms with Crippen molar-refractivity contribution in [3.05, 3.63) is 182 Å². The van der Waals surface area contributed by atoms with Gasteiger partial charge in [-0.2, -0.15) is 4.80 Å². The van der Waals surface area contributed by atoms with Crippen LogP contribution in [0, 0.1) is 0 Å². The quantitative estimate of drug-likeness (QED) is 0.185. The molecule has 0 atom stereocenters. The predicted molar refractivity (Wildman–Crippen MR) is 190 cm³/mol. The summed E-state index contributed by atoms with van der Waals surface area (Å²) in [6.07, 6.45) is 0. The molecule has 218 valence electrons. The van der Waals surface area contributed by atoms with Crippen LogP contribution in [0.2, 0.25) is 0 Å². The summed E-state index contributed by atoms with van der Waals surface area (Å²) in [4.78, 5) is 4.01. The minimum Gasteiger partial charge on any atom is -0.311 e. The average Bonchev–Trinajstić information content (AvgIpc) is 3.58. The van der Waals surface area contributed by atoms with Gasteiger partial charge in [-0.05, 0) is 94.0 Å². The highest BCUT2D eigenvalue weighted by molar-refractivity contribution is 5.81. The molecule has 0 aliphatic rings. The molecule has 8 aromatic rings. The highest BCUT2D eigenvalue weighted by Crippen LogP contribution is 2.37. The van der Waals surface area contributed by atoms with Crippen LogP contribution in [0.1, 0.15) is 0 Å². The van der Waals surface area contributed by atoms with Gasteiger partial charge in [-0.3, -0.25) is 0 Å². The van der Waals surface area contributed by atoms with Gasteiger partial charge in [0, 0.05) is 17.1 Å². The topological polar surface area (TPSA) is 34.0 Å². The molecule has 0 saturated carbocycles. The fourth-order valence-electron chi connectivity index (χ4n) is 5.88. The van der Waals surface area contributed by atoms with E-state index in [1.807, 2.05) is 24.3 Å². The van der Waals surface area contributed by atoms with Gasteiger partial charge in [0.2, 0.25) is 0 Å². The Morgan fingerprint density at radius 1 is 0.304 bits per heavy atom. The Morgan fingerprint density at radius 3 is 0.978 bits per heavy atom. The van der Waals surface area contributed by atoms with E-state index in [1.165, 1.54) is 22.3 Å². The Bertz CT molecular complexity index is 2090. The summed E-state index contributed by atoms with van der Waals surface area (Å²) in [6.45, 7) is 0.